The number of rotatable bonds is 1. The number of hydrogen-bond acceptors (Lipinski definition) is 1. The molecule has 0 heterocycles. The highest BCUT2D eigenvalue weighted by atomic mass is 16.3. The lowest BCUT2D eigenvalue weighted by Gasteiger charge is -2.29. The molecule has 0 aliphatic rings. The highest BCUT2D eigenvalue weighted by molar-refractivity contribution is 4.73. The summed E-state index contributed by atoms with van der Waals surface area (Å²) in [5.74, 6) is 0.373. The van der Waals surface area contributed by atoms with Crippen molar-refractivity contribution in [2.75, 3.05) is 0 Å². The predicted molar refractivity (Wildman–Crippen MR) is 40.3 cm³/mol. The van der Waals surface area contributed by atoms with Crippen molar-refractivity contribution < 1.29 is 5.11 Å². The van der Waals surface area contributed by atoms with Gasteiger partial charge in [-0.1, -0.05) is 27.7 Å². The molecule has 0 fully saturated rings. The van der Waals surface area contributed by atoms with E-state index >= 15 is 0 Å². The van der Waals surface area contributed by atoms with E-state index in [1.165, 1.54) is 0 Å². The Morgan fingerprint density at radius 1 is 1.11 bits per heavy atom. The Balaban J connectivity index is 3.88. The summed E-state index contributed by atoms with van der Waals surface area (Å²) in [7, 11) is 0. The molecule has 0 aromatic rings. The van der Waals surface area contributed by atoms with Gasteiger partial charge in [-0.25, -0.2) is 0 Å². The summed E-state index contributed by atoms with van der Waals surface area (Å²) in [5.41, 5.74) is 0.230. The highest BCUT2D eigenvalue weighted by Crippen LogP contribution is 2.27. The fourth-order valence-corrected chi connectivity index (χ4v) is 0.724. The molecular weight excluding hydrogens is 112 g/mol. The van der Waals surface area contributed by atoms with Gasteiger partial charge in [-0.2, -0.15) is 0 Å². The SMILES string of the molecule is C[C@H]([C@@H](C)O)C(C)(C)C. The van der Waals surface area contributed by atoms with Crippen molar-refractivity contribution in [3.8, 4) is 0 Å². The molecule has 9 heavy (non-hydrogen) atoms. The molecule has 0 aromatic heterocycles. The maximum absolute atomic E-state index is 9.16. The zero-order chi connectivity index (χ0) is 7.65. The van der Waals surface area contributed by atoms with Crippen molar-refractivity contribution in [2.24, 2.45) is 11.3 Å². The van der Waals surface area contributed by atoms with E-state index in [1.54, 1.807) is 0 Å². The van der Waals surface area contributed by atoms with Crippen molar-refractivity contribution in [3.63, 3.8) is 0 Å². The molecule has 0 rings (SSSR count). The molecule has 0 aliphatic heterocycles. The maximum atomic E-state index is 9.16. The van der Waals surface area contributed by atoms with Gasteiger partial charge in [-0.05, 0) is 18.3 Å². The van der Waals surface area contributed by atoms with Crippen LogP contribution in [0.3, 0.4) is 0 Å². The Hall–Kier alpha value is -0.0400. The van der Waals surface area contributed by atoms with Crippen molar-refractivity contribution in [3.05, 3.63) is 0 Å². The summed E-state index contributed by atoms with van der Waals surface area (Å²) in [6.07, 6.45) is -0.190. The molecule has 1 N–H and O–H groups in total. The first-order valence-corrected chi connectivity index (χ1v) is 3.53. The molecule has 1 heteroatoms. The molecule has 0 aliphatic carbocycles. The zero-order valence-electron chi connectivity index (χ0n) is 7.10. The molecule has 0 saturated carbocycles. The third-order valence-corrected chi connectivity index (χ3v) is 2.09. The second kappa shape index (κ2) is 2.70. The summed E-state index contributed by atoms with van der Waals surface area (Å²) in [5, 5.41) is 9.16. The van der Waals surface area contributed by atoms with Crippen LogP contribution < -0.4 is 0 Å². The minimum atomic E-state index is -0.190. The molecule has 0 aromatic carbocycles. The van der Waals surface area contributed by atoms with Crippen LogP contribution in [0.2, 0.25) is 0 Å². The average Bonchev–Trinajstić information content (AvgIpc) is 1.62. The predicted octanol–water partition coefficient (Wildman–Crippen LogP) is 2.05. The lowest BCUT2D eigenvalue weighted by molar-refractivity contribution is 0.0685. The molecule has 0 unspecified atom stereocenters. The number of aliphatic hydroxyl groups excluding tert-OH is 1. The van der Waals surface area contributed by atoms with E-state index in [9.17, 15) is 0 Å². The lowest BCUT2D eigenvalue weighted by Crippen LogP contribution is -2.27. The zero-order valence-corrected chi connectivity index (χ0v) is 7.10. The van der Waals surface area contributed by atoms with Crippen LogP contribution in [0.5, 0.6) is 0 Å². The standard InChI is InChI=1S/C8H18O/c1-6(7(2)9)8(3,4)5/h6-7,9H,1-5H3/t6-,7-/m1/s1. The topological polar surface area (TPSA) is 20.2 Å². The fourth-order valence-electron chi connectivity index (χ4n) is 0.724. The Morgan fingerprint density at radius 3 is 1.44 bits per heavy atom. The molecule has 56 valence electrons. The van der Waals surface area contributed by atoms with Crippen molar-refractivity contribution in [1.29, 1.82) is 0 Å². The van der Waals surface area contributed by atoms with E-state index in [0.29, 0.717) is 5.92 Å². The smallest absolute Gasteiger partial charge is 0.0542 e. The molecule has 0 spiro atoms. The quantitative estimate of drug-likeness (QED) is 0.576. The first-order valence-electron chi connectivity index (χ1n) is 3.53. The Bertz CT molecular complexity index is 79.1. The minimum Gasteiger partial charge on any atom is -0.393 e. The monoisotopic (exact) mass is 130 g/mol. The number of aliphatic hydroxyl groups is 1. The Morgan fingerprint density at radius 2 is 1.44 bits per heavy atom. The molecule has 0 saturated heterocycles. The van der Waals surface area contributed by atoms with Crippen molar-refractivity contribution in [1.82, 2.24) is 0 Å². The average molecular weight is 130 g/mol. The van der Waals surface area contributed by atoms with E-state index < -0.39 is 0 Å². The Kier molecular flexibility index (Phi) is 2.68. The summed E-state index contributed by atoms with van der Waals surface area (Å²) < 4.78 is 0. The number of hydrogen-bond donors (Lipinski definition) is 1. The van der Waals surface area contributed by atoms with Crippen LogP contribution in [-0.2, 0) is 0 Å². The van der Waals surface area contributed by atoms with Crippen LogP contribution >= 0.6 is 0 Å². The first kappa shape index (κ1) is 8.96. The summed E-state index contributed by atoms with van der Waals surface area (Å²) in [4.78, 5) is 0. The van der Waals surface area contributed by atoms with E-state index in [2.05, 4.69) is 27.7 Å². The van der Waals surface area contributed by atoms with Crippen LogP contribution in [0.4, 0.5) is 0 Å². The lowest BCUT2D eigenvalue weighted by atomic mass is 9.79. The van der Waals surface area contributed by atoms with Gasteiger partial charge in [0.05, 0.1) is 6.10 Å². The summed E-state index contributed by atoms with van der Waals surface area (Å²) in [6, 6.07) is 0. The van der Waals surface area contributed by atoms with Gasteiger partial charge < -0.3 is 5.11 Å². The van der Waals surface area contributed by atoms with Gasteiger partial charge in [-0.15, -0.1) is 0 Å². The van der Waals surface area contributed by atoms with E-state index in [0.717, 1.165) is 0 Å². The van der Waals surface area contributed by atoms with E-state index in [4.69, 9.17) is 5.11 Å². The molecule has 0 amide bonds. The largest absolute Gasteiger partial charge is 0.393 e. The van der Waals surface area contributed by atoms with E-state index in [1.807, 2.05) is 6.92 Å². The fraction of sp³-hybridized carbons (Fsp3) is 1.00. The minimum absolute atomic E-state index is 0.190. The third-order valence-electron chi connectivity index (χ3n) is 2.09. The molecular formula is C8H18O. The molecule has 1 nitrogen and oxygen atoms in total. The van der Waals surface area contributed by atoms with Gasteiger partial charge in [0.2, 0.25) is 0 Å². The third kappa shape index (κ3) is 2.85. The van der Waals surface area contributed by atoms with Crippen LogP contribution in [0.25, 0.3) is 0 Å². The molecule has 2 atom stereocenters. The van der Waals surface area contributed by atoms with Gasteiger partial charge in [0, 0.05) is 0 Å². The maximum Gasteiger partial charge on any atom is 0.0542 e. The summed E-state index contributed by atoms with van der Waals surface area (Å²) in [6.45, 7) is 10.3. The van der Waals surface area contributed by atoms with Crippen molar-refractivity contribution in [2.45, 2.75) is 40.7 Å². The van der Waals surface area contributed by atoms with Crippen LogP contribution in [-0.4, -0.2) is 11.2 Å². The van der Waals surface area contributed by atoms with Crippen LogP contribution in [0.1, 0.15) is 34.6 Å². The summed E-state index contributed by atoms with van der Waals surface area (Å²) >= 11 is 0. The highest BCUT2D eigenvalue weighted by Gasteiger charge is 2.23. The van der Waals surface area contributed by atoms with Crippen LogP contribution in [0.15, 0.2) is 0 Å². The second-order valence-corrected chi connectivity index (χ2v) is 3.90. The van der Waals surface area contributed by atoms with Gasteiger partial charge in [0.15, 0.2) is 0 Å². The van der Waals surface area contributed by atoms with Gasteiger partial charge in [-0.3, -0.25) is 0 Å². The van der Waals surface area contributed by atoms with E-state index in [-0.39, 0.29) is 11.5 Å². The van der Waals surface area contributed by atoms with Crippen molar-refractivity contribution >= 4 is 0 Å². The Labute approximate surface area is 58.1 Å². The van der Waals surface area contributed by atoms with Gasteiger partial charge in [0.25, 0.3) is 0 Å². The molecule has 0 bridgehead atoms. The normalized spacial score (nSPS) is 19.3. The van der Waals surface area contributed by atoms with Crippen LogP contribution in [0, 0.1) is 11.3 Å². The first-order chi connectivity index (χ1) is 3.85. The van der Waals surface area contributed by atoms with Gasteiger partial charge in [0.1, 0.15) is 0 Å². The second-order valence-electron chi connectivity index (χ2n) is 3.90. The van der Waals surface area contributed by atoms with Gasteiger partial charge >= 0.3 is 0 Å². The molecule has 0 radical (unpaired) electrons.